The van der Waals surface area contributed by atoms with E-state index in [4.69, 9.17) is 37.0 Å². The van der Waals surface area contributed by atoms with Crippen molar-refractivity contribution in [2.75, 3.05) is 39.6 Å². The Labute approximate surface area is 632 Å². The van der Waals surface area contributed by atoms with Crippen molar-refractivity contribution in [2.45, 2.75) is 453 Å². The number of carbonyl (C=O) groups excluding carboxylic acids is 4. The number of carbonyl (C=O) groups is 4. The van der Waals surface area contributed by atoms with Crippen LogP contribution in [0.4, 0.5) is 0 Å². The molecule has 0 aromatic rings. The van der Waals surface area contributed by atoms with Crippen molar-refractivity contribution in [3.05, 3.63) is 0 Å². The molecule has 0 saturated heterocycles. The minimum Gasteiger partial charge on any atom is -0.462 e. The van der Waals surface area contributed by atoms with Crippen LogP contribution in [0.3, 0.4) is 0 Å². The number of aliphatic hydroxyl groups is 1. The Bertz CT molecular complexity index is 2010. The second kappa shape index (κ2) is 72.9. The van der Waals surface area contributed by atoms with Gasteiger partial charge in [-0.25, -0.2) is 9.13 Å². The van der Waals surface area contributed by atoms with Gasteiger partial charge in [-0.15, -0.1) is 0 Å². The number of phosphoric ester groups is 2. The zero-order valence-corrected chi connectivity index (χ0v) is 69.7. The molecule has 612 valence electrons. The first-order valence-electron chi connectivity index (χ1n) is 43.2. The molecule has 19 heteroatoms. The van der Waals surface area contributed by atoms with Crippen molar-refractivity contribution in [3.63, 3.8) is 0 Å². The summed E-state index contributed by atoms with van der Waals surface area (Å²) in [5, 5.41) is 10.7. The van der Waals surface area contributed by atoms with Gasteiger partial charge in [0, 0.05) is 25.7 Å². The molecule has 0 bridgehead atoms. The van der Waals surface area contributed by atoms with Gasteiger partial charge >= 0.3 is 39.5 Å². The largest absolute Gasteiger partial charge is 0.472 e. The van der Waals surface area contributed by atoms with E-state index in [9.17, 15) is 43.2 Å². The number of hydrogen-bond donors (Lipinski definition) is 3. The van der Waals surface area contributed by atoms with Gasteiger partial charge in [-0.05, 0) is 49.4 Å². The van der Waals surface area contributed by atoms with Crippen LogP contribution >= 0.6 is 15.6 Å². The van der Waals surface area contributed by atoms with Crippen molar-refractivity contribution in [3.8, 4) is 0 Å². The molecule has 103 heavy (non-hydrogen) atoms. The lowest BCUT2D eigenvalue weighted by molar-refractivity contribution is -0.161. The second-order valence-corrected chi connectivity index (χ2v) is 35.0. The van der Waals surface area contributed by atoms with E-state index in [1.54, 1.807) is 0 Å². The van der Waals surface area contributed by atoms with Crippen LogP contribution in [0.5, 0.6) is 0 Å². The fourth-order valence-electron chi connectivity index (χ4n) is 13.0. The van der Waals surface area contributed by atoms with Gasteiger partial charge in [0.15, 0.2) is 12.2 Å². The van der Waals surface area contributed by atoms with Gasteiger partial charge in [0.25, 0.3) is 0 Å². The van der Waals surface area contributed by atoms with Gasteiger partial charge < -0.3 is 33.8 Å². The number of phosphoric acid groups is 2. The smallest absolute Gasteiger partial charge is 0.462 e. The number of esters is 4. The van der Waals surface area contributed by atoms with Crippen LogP contribution < -0.4 is 0 Å². The molecule has 0 aliphatic heterocycles. The van der Waals surface area contributed by atoms with Gasteiger partial charge in [0.2, 0.25) is 0 Å². The monoisotopic (exact) mass is 1510 g/mol. The van der Waals surface area contributed by atoms with Crippen LogP contribution in [-0.4, -0.2) is 96.7 Å². The predicted octanol–water partition coefficient (Wildman–Crippen LogP) is 25.2. The first-order valence-corrected chi connectivity index (χ1v) is 46.2. The summed E-state index contributed by atoms with van der Waals surface area (Å²) in [6, 6.07) is 0. The number of ether oxygens (including phenoxy) is 4. The standard InChI is InChI=1S/C84H164O17P2/c1-74(2)60-52-44-36-29-23-17-13-11-9-10-12-14-19-27-33-41-50-58-66-83(88)100-79(70-94-81(86)64-56-48-40-32-26-22-21-25-31-38-46-54-62-76(5)6)72-98-102(90,91)96-68-78(85)69-97-103(92,93)99-73-80(71-95-82(87)65-57-49-43-35-39-47-55-63-77(7)8)101-84(89)67-59-51-42-34-28-20-16-15-18-24-30-37-45-53-61-75(3)4/h74-80,85H,9-73H2,1-8H3,(H,90,91)(H,92,93)/t78?,79-,80-/m1/s1. The Kier molecular flexibility index (Phi) is 71.5. The third-order valence-electron chi connectivity index (χ3n) is 19.6. The molecular formula is C84H164O17P2. The van der Waals surface area contributed by atoms with Crippen LogP contribution in [0.2, 0.25) is 0 Å². The van der Waals surface area contributed by atoms with E-state index in [1.807, 2.05) is 0 Å². The van der Waals surface area contributed by atoms with Crippen molar-refractivity contribution in [1.29, 1.82) is 0 Å². The molecule has 5 atom stereocenters. The van der Waals surface area contributed by atoms with Crippen molar-refractivity contribution < 1.29 is 80.2 Å². The molecule has 0 aliphatic rings. The maximum absolute atomic E-state index is 13.1. The van der Waals surface area contributed by atoms with Gasteiger partial charge in [-0.1, -0.05) is 383 Å². The lowest BCUT2D eigenvalue weighted by atomic mass is 10.0. The first kappa shape index (κ1) is 101. The van der Waals surface area contributed by atoms with Crippen molar-refractivity contribution in [2.24, 2.45) is 23.7 Å². The Morgan fingerprint density at radius 2 is 0.408 bits per heavy atom. The third kappa shape index (κ3) is 78.0. The Balaban J connectivity index is 5.23. The zero-order valence-electron chi connectivity index (χ0n) is 68.0. The Morgan fingerprint density at radius 1 is 0.243 bits per heavy atom. The Morgan fingerprint density at radius 3 is 0.602 bits per heavy atom. The zero-order chi connectivity index (χ0) is 76.0. The molecule has 0 aromatic heterocycles. The molecule has 0 saturated carbocycles. The SMILES string of the molecule is CC(C)CCCCCCCCCCCCCCCCCCCCC(=O)O[C@H](COC(=O)CCCCCCCCCCCCCCC(C)C)COP(=O)(O)OCC(O)COP(=O)(O)OC[C@@H](COC(=O)CCCCCCCCCC(C)C)OC(=O)CCCCCCCCCCCCCCCCC(C)C. The first-order chi connectivity index (χ1) is 49.6. The summed E-state index contributed by atoms with van der Waals surface area (Å²) in [5.41, 5.74) is 0. The number of hydrogen-bond acceptors (Lipinski definition) is 15. The highest BCUT2D eigenvalue weighted by Crippen LogP contribution is 2.45. The van der Waals surface area contributed by atoms with Crippen LogP contribution in [-0.2, 0) is 65.4 Å². The molecule has 17 nitrogen and oxygen atoms in total. The quantitative estimate of drug-likeness (QED) is 0.0222. The third-order valence-corrected chi connectivity index (χ3v) is 21.5. The van der Waals surface area contributed by atoms with E-state index in [-0.39, 0.29) is 25.7 Å². The number of rotatable bonds is 81. The summed E-state index contributed by atoms with van der Waals surface area (Å²) in [5.74, 6) is 0.991. The fraction of sp³-hybridized carbons (Fsp3) is 0.952. The van der Waals surface area contributed by atoms with E-state index in [0.29, 0.717) is 31.6 Å². The Hall–Kier alpha value is -1.94. The molecule has 0 amide bonds. The van der Waals surface area contributed by atoms with Crippen LogP contribution in [0, 0.1) is 23.7 Å². The van der Waals surface area contributed by atoms with Gasteiger partial charge in [0.05, 0.1) is 26.4 Å². The fourth-order valence-corrected chi connectivity index (χ4v) is 14.5. The summed E-state index contributed by atoms with van der Waals surface area (Å²) in [6.45, 7) is 14.3. The summed E-state index contributed by atoms with van der Waals surface area (Å²) in [4.78, 5) is 73.1. The minimum absolute atomic E-state index is 0.107. The summed E-state index contributed by atoms with van der Waals surface area (Å²) < 4.78 is 68.8. The lowest BCUT2D eigenvalue weighted by Crippen LogP contribution is -2.30. The molecule has 0 rings (SSSR count). The van der Waals surface area contributed by atoms with E-state index in [1.165, 1.54) is 231 Å². The molecule has 0 aliphatic carbocycles. The number of unbranched alkanes of at least 4 members (excludes halogenated alkanes) is 47. The minimum atomic E-state index is -4.96. The molecule has 0 aromatic carbocycles. The average Bonchev–Trinajstić information content (AvgIpc) is 0.911. The highest BCUT2D eigenvalue weighted by atomic mass is 31.2. The summed E-state index contributed by atoms with van der Waals surface area (Å²) in [7, 11) is -9.93. The molecular weight excluding hydrogens is 1340 g/mol. The maximum atomic E-state index is 13.1. The molecule has 0 heterocycles. The molecule has 0 spiro atoms. The molecule has 3 N–H and O–H groups in total. The van der Waals surface area contributed by atoms with Crippen molar-refractivity contribution >= 4 is 39.5 Å². The molecule has 3 unspecified atom stereocenters. The number of aliphatic hydroxyl groups excluding tert-OH is 1. The van der Waals surface area contributed by atoms with E-state index in [0.717, 1.165) is 114 Å². The van der Waals surface area contributed by atoms with E-state index >= 15 is 0 Å². The van der Waals surface area contributed by atoms with E-state index in [2.05, 4.69) is 55.4 Å². The lowest BCUT2D eigenvalue weighted by Gasteiger charge is -2.21. The van der Waals surface area contributed by atoms with Crippen LogP contribution in [0.25, 0.3) is 0 Å². The summed E-state index contributed by atoms with van der Waals surface area (Å²) >= 11 is 0. The molecule has 0 fully saturated rings. The van der Waals surface area contributed by atoms with Gasteiger partial charge in [-0.2, -0.15) is 0 Å². The predicted molar refractivity (Wildman–Crippen MR) is 423 cm³/mol. The second-order valence-electron chi connectivity index (χ2n) is 32.1. The van der Waals surface area contributed by atoms with Gasteiger partial charge in [-0.3, -0.25) is 37.3 Å². The highest BCUT2D eigenvalue weighted by molar-refractivity contribution is 7.47. The topological polar surface area (TPSA) is 237 Å². The summed E-state index contributed by atoms with van der Waals surface area (Å²) in [6.07, 6.45) is 61.2. The van der Waals surface area contributed by atoms with Crippen LogP contribution in [0.1, 0.15) is 434 Å². The van der Waals surface area contributed by atoms with Gasteiger partial charge in [0.1, 0.15) is 19.3 Å². The average molecular weight is 1510 g/mol. The highest BCUT2D eigenvalue weighted by Gasteiger charge is 2.30. The molecule has 0 radical (unpaired) electrons. The maximum Gasteiger partial charge on any atom is 0.472 e. The van der Waals surface area contributed by atoms with Crippen LogP contribution in [0.15, 0.2) is 0 Å². The van der Waals surface area contributed by atoms with E-state index < -0.39 is 97.5 Å². The van der Waals surface area contributed by atoms with Crippen molar-refractivity contribution in [1.82, 2.24) is 0 Å². The normalized spacial score (nSPS) is 14.0.